The first kappa shape index (κ1) is 20.8. The number of likely N-dealkylation sites (tertiary alicyclic amines) is 1. The molecule has 29 heavy (non-hydrogen) atoms. The molecule has 1 amide bonds. The Hall–Kier alpha value is -2.92. The summed E-state index contributed by atoms with van der Waals surface area (Å²) in [6.07, 6.45) is 2.83. The summed E-state index contributed by atoms with van der Waals surface area (Å²) in [7, 11) is 0. The number of hydrogen-bond acceptors (Lipinski definition) is 5. The number of piperidine rings is 1. The number of ether oxygens (including phenoxy) is 1. The number of nitrogens with one attached hydrogen (secondary N) is 1. The van der Waals surface area contributed by atoms with E-state index >= 15 is 0 Å². The molecule has 3 rings (SSSR count). The topological polar surface area (TPSA) is 80.8 Å². The fourth-order valence-corrected chi connectivity index (χ4v) is 3.46. The predicted octanol–water partition coefficient (Wildman–Crippen LogP) is 2.94. The Morgan fingerprint density at radius 2 is 2.03 bits per heavy atom. The van der Waals surface area contributed by atoms with Crippen LogP contribution in [0.4, 0.5) is 10.5 Å². The van der Waals surface area contributed by atoms with Crippen LogP contribution in [0, 0.1) is 6.57 Å². The third kappa shape index (κ3) is 5.55. The molecule has 1 saturated heterocycles. The van der Waals surface area contributed by atoms with Crippen molar-refractivity contribution in [1.82, 2.24) is 19.8 Å². The number of pyridine rings is 2. The Labute approximate surface area is 170 Å². The zero-order chi connectivity index (χ0) is 21.0. The monoisotopic (exact) mass is 397 g/mol. The van der Waals surface area contributed by atoms with Gasteiger partial charge in [-0.05, 0) is 45.7 Å². The number of rotatable bonds is 4. The molecular formula is C21H27N5O3. The average molecular weight is 397 g/mol. The van der Waals surface area contributed by atoms with E-state index in [0.29, 0.717) is 23.3 Å². The molecule has 0 saturated carbocycles. The summed E-state index contributed by atoms with van der Waals surface area (Å²) in [5.41, 5.74) is 1.22. The van der Waals surface area contributed by atoms with Gasteiger partial charge in [-0.2, -0.15) is 0 Å². The van der Waals surface area contributed by atoms with Crippen LogP contribution >= 0.6 is 0 Å². The summed E-state index contributed by atoms with van der Waals surface area (Å²) in [5.74, 6) is 0. The van der Waals surface area contributed by atoms with Crippen LogP contribution in [-0.2, 0) is 11.3 Å². The first-order valence-electron chi connectivity index (χ1n) is 9.84. The second kappa shape index (κ2) is 8.62. The predicted molar refractivity (Wildman–Crippen MR) is 111 cm³/mol. The van der Waals surface area contributed by atoms with Crippen LogP contribution in [0.1, 0.15) is 33.6 Å². The lowest BCUT2D eigenvalue weighted by Crippen LogP contribution is -2.46. The molecule has 0 aromatic carbocycles. The van der Waals surface area contributed by atoms with E-state index in [1.165, 1.54) is 12.3 Å². The summed E-state index contributed by atoms with van der Waals surface area (Å²) in [5, 5.41) is 2.94. The highest BCUT2D eigenvalue weighted by atomic mass is 16.6. The Bertz CT molecular complexity index is 978. The summed E-state index contributed by atoms with van der Waals surface area (Å²) < 4.78 is 7.00. The van der Waals surface area contributed by atoms with Crippen molar-refractivity contribution < 1.29 is 9.53 Å². The minimum atomic E-state index is -0.502. The summed E-state index contributed by atoms with van der Waals surface area (Å²) >= 11 is 0. The van der Waals surface area contributed by atoms with Gasteiger partial charge in [-0.15, -0.1) is 0 Å². The van der Waals surface area contributed by atoms with Gasteiger partial charge in [0.05, 0.1) is 17.6 Å². The summed E-state index contributed by atoms with van der Waals surface area (Å²) in [6, 6.07) is 5.03. The van der Waals surface area contributed by atoms with Crippen molar-refractivity contribution in [2.45, 2.75) is 51.8 Å². The van der Waals surface area contributed by atoms with Crippen LogP contribution in [0.25, 0.3) is 15.9 Å². The molecule has 3 heterocycles. The van der Waals surface area contributed by atoms with Gasteiger partial charge in [-0.25, -0.2) is 9.64 Å². The molecule has 0 bridgehead atoms. The van der Waals surface area contributed by atoms with Crippen molar-refractivity contribution in [2.24, 2.45) is 0 Å². The SMILES string of the molecule is [C-]#[N+]c1cnc2ccc(=O)n(CCN3CCC(NC(=O)OC(C)(C)C)CC3)c2c1. The lowest BCUT2D eigenvalue weighted by atomic mass is 10.1. The van der Waals surface area contributed by atoms with Crippen molar-refractivity contribution >= 4 is 22.8 Å². The maximum atomic E-state index is 12.4. The molecule has 1 aliphatic rings. The van der Waals surface area contributed by atoms with E-state index in [4.69, 9.17) is 11.3 Å². The number of nitrogens with zero attached hydrogens (tertiary/aromatic N) is 4. The molecule has 1 aliphatic heterocycles. The second-order valence-corrected chi connectivity index (χ2v) is 8.30. The smallest absolute Gasteiger partial charge is 0.407 e. The molecule has 0 radical (unpaired) electrons. The van der Waals surface area contributed by atoms with E-state index < -0.39 is 5.60 Å². The maximum Gasteiger partial charge on any atom is 0.407 e. The van der Waals surface area contributed by atoms with Crippen molar-refractivity contribution in [1.29, 1.82) is 0 Å². The van der Waals surface area contributed by atoms with Gasteiger partial charge in [0.2, 0.25) is 5.69 Å². The van der Waals surface area contributed by atoms with Gasteiger partial charge in [0.25, 0.3) is 5.56 Å². The third-order valence-corrected chi connectivity index (χ3v) is 4.90. The Morgan fingerprint density at radius 3 is 2.69 bits per heavy atom. The van der Waals surface area contributed by atoms with E-state index in [1.807, 2.05) is 20.8 Å². The van der Waals surface area contributed by atoms with Gasteiger partial charge in [0, 0.05) is 44.5 Å². The van der Waals surface area contributed by atoms with E-state index in [2.05, 4.69) is 20.0 Å². The highest BCUT2D eigenvalue weighted by molar-refractivity contribution is 5.78. The largest absolute Gasteiger partial charge is 0.444 e. The number of aromatic nitrogens is 2. The normalized spacial score (nSPS) is 15.8. The average Bonchev–Trinajstić information content (AvgIpc) is 2.66. The number of hydrogen-bond donors (Lipinski definition) is 1. The van der Waals surface area contributed by atoms with Crippen LogP contribution < -0.4 is 10.9 Å². The van der Waals surface area contributed by atoms with Gasteiger partial charge in [-0.3, -0.25) is 9.78 Å². The number of fused-ring (bicyclic) bond motifs is 1. The number of carbonyl (C=O) groups excluding carboxylic acids is 1. The van der Waals surface area contributed by atoms with Gasteiger partial charge >= 0.3 is 6.09 Å². The lowest BCUT2D eigenvalue weighted by Gasteiger charge is -2.33. The zero-order valence-corrected chi connectivity index (χ0v) is 17.1. The van der Waals surface area contributed by atoms with E-state index in [-0.39, 0.29) is 17.7 Å². The summed E-state index contributed by atoms with van der Waals surface area (Å²) in [4.78, 5) is 34.3. The molecule has 0 spiro atoms. The molecule has 8 heteroatoms. The first-order chi connectivity index (χ1) is 13.7. The highest BCUT2D eigenvalue weighted by Gasteiger charge is 2.23. The fourth-order valence-electron chi connectivity index (χ4n) is 3.46. The molecule has 1 N–H and O–H groups in total. The van der Waals surface area contributed by atoms with E-state index in [0.717, 1.165) is 32.5 Å². The highest BCUT2D eigenvalue weighted by Crippen LogP contribution is 2.18. The standard InChI is InChI=1S/C21H27N5O3/c1-21(2,3)29-20(28)24-15-7-9-25(10-8-15)11-12-26-18-13-16(22-4)14-23-17(18)5-6-19(26)27/h5-6,13-15H,7-12H2,1-3H3,(H,24,28). The van der Waals surface area contributed by atoms with Gasteiger partial charge < -0.3 is 19.5 Å². The number of amides is 1. The molecule has 0 aliphatic carbocycles. The maximum absolute atomic E-state index is 12.4. The van der Waals surface area contributed by atoms with Crippen molar-refractivity contribution in [3.05, 3.63) is 46.2 Å². The lowest BCUT2D eigenvalue weighted by molar-refractivity contribution is 0.0478. The van der Waals surface area contributed by atoms with Crippen LogP contribution in [0.15, 0.2) is 29.2 Å². The Balaban J connectivity index is 1.57. The molecule has 0 atom stereocenters. The van der Waals surface area contributed by atoms with Crippen LogP contribution in [-0.4, -0.2) is 51.8 Å². The van der Waals surface area contributed by atoms with Crippen LogP contribution in [0.2, 0.25) is 0 Å². The van der Waals surface area contributed by atoms with Gasteiger partial charge in [0.1, 0.15) is 5.60 Å². The number of carbonyl (C=O) groups is 1. The fraction of sp³-hybridized carbons (Fsp3) is 0.524. The molecular weight excluding hydrogens is 370 g/mol. The molecule has 1 fully saturated rings. The van der Waals surface area contributed by atoms with Crippen molar-refractivity contribution in [2.75, 3.05) is 19.6 Å². The van der Waals surface area contributed by atoms with Crippen molar-refractivity contribution in [3.8, 4) is 0 Å². The molecule has 154 valence electrons. The molecule has 0 unspecified atom stereocenters. The Kier molecular flexibility index (Phi) is 6.18. The molecule has 8 nitrogen and oxygen atoms in total. The van der Waals surface area contributed by atoms with Crippen LogP contribution in [0.5, 0.6) is 0 Å². The van der Waals surface area contributed by atoms with E-state index in [9.17, 15) is 9.59 Å². The van der Waals surface area contributed by atoms with Gasteiger partial charge in [0.15, 0.2) is 0 Å². The first-order valence-corrected chi connectivity index (χ1v) is 9.84. The van der Waals surface area contributed by atoms with Crippen molar-refractivity contribution in [3.63, 3.8) is 0 Å². The number of alkyl carbamates (subject to hydrolysis) is 1. The minimum absolute atomic E-state index is 0.0945. The third-order valence-electron chi connectivity index (χ3n) is 4.90. The quantitative estimate of drug-likeness (QED) is 0.803. The van der Waals surface area contributed by atoms with E-state index in [1.54, 1.807) is 16.7 Å². The molecule has 2 aromatic rings. The van der Waals surface area contributed by atoms with Crippen LogP contribution in [0.3, 0.4) is 0 Å². The minimum Gasteiger partial charge on any atom is -0.444 e. The molecule has 2 aromatic heterocycles. The van der Waals surface area contributed by atoms with Gasteiger partial charge in [-0.1, -0.05) is 0 Å². The Morgan fingerprint density at radius 1 is 1.31 bits per heavy atom. The second-order valence-electron chi connectivity index (χ2n) is 8.30. The zero-order valence-electron chi connectivity index (χ0n) is 17.1. The summed E-state index contributed by atoms with van der Waals surface area (Å²) in [6.45, 7) is 15.6.